The molecule has 0 spiro atoms. The van der Waals surface area contributed by atoms with Gasteiger partial charge in [-0.05, 0) is 30.3 Å². The molecule has 2 aromatic carbocycles. The molecule has 0 aliphatic heterocycles. The Morgan fingerprint density at radius 1 is 1.05 bits per heavy atom. The van der Waals surface area contributed by atoms with Gasteiger partial charge in [0.2, 0.25) is 0 Å². The first-order chi connectivity index (χ1) is 9.88. The van der Waals surface area contributed by atoms with Crippen LogP contribution in [-0.4, -0.2) is 17.0 Å². The Morgan fingerprint density at radius 3 is 2.19 bits per heavy atom. The van der Waals surface area contributed by atoms with Crippen molar-refractivity contribution in [1.82, 2.24) is 0 Å². The van der Waals surface area contributed by atoms with Crippen LogP contribution in [0.3, 0.4) is 0 Å². The molecular formula is C14H8BrCl2NO3. The molecule has 2 N–H and O–H groups in total. The predicted octanol–water partition coefficient (Wildman–Crippen LogP) is 4.71. The fraction of sp³-hybridized carbons (Fsp3) is 0. The normalized spacial score (nSPS) is 10.2. The van der Waals surface area contributed by atoms with Gasteiger partial charge >= 0.3 is 5.97 Å². The van der Waals surface area contributed by atoms with Crippen LogP contribution in [0.2, 0.25) is 10.0 Å². The molecule has 0 radical (unpaired) electrons. The number of anilines is 1. The summed E-state index contributed by atoms with van der Waals surface area (Å²) in [4.78, 5) is 23.0. The number of carbonyl (C=O) groups is 2. The average molecular weight is 389 g/mol. The van der Waals surface area contributed by atoms with Gasteiger partial charge in [-0.1, -0.05) is 45.2 Å². The largest absolute Gasteiger partial charge is 0.478 e. The van der Waals surface area contributed by atoms with Gasteiger partial charge in [0, 0.05) is 10.0 Å². The monoisotopic (exact) mass is 387 g/mol. The maximum absolute atomic E-state index is 12.1. The van der Waals surface area contributed by atoms with Crippen molar-refractivity contribution < 1.29 is 14.7 Å². The Balaban J connectivity index is 2.32. The van der Waals surface area contributed by atoms with E-state index in [1.165, 1.54) is 12.1 Å². The van der Waals surface area contributed by atoms with Crippen molar-refractivity contribution in [1.29, 1.82) is 0 Å². The van der Waals surface area contributed by atoms with Crippen molar-refractivity contribution >= 4 is 56.7 Å². The van der Waals surface area contributed by atoms with Crippen molar-refractivity contribution in [2.24, 2.45) is 0 Å². The first-order valence-corrected chi connectivity index (χ1v) is 7.22. The van der Waals surface area contributed by atoms with Crippen LogP contribution in [0.5, 0.6) is 0 Å². The van der Waals surface area contributed by atoms with Gasteiger partial charge in [-0.2, -0.15) is 0 Å². The summed E-state index contributed by atoms with van der Waals surface area (Å²) in [5, 5.41) is 11.6. The van der Waals surface area contributed by atoms with E-state index in [2.05, 4.69) is 21.2 Å². The third kappa shape index (κ3) is 3.75. The summed E-state index contributed by atoms with van der Waals surface area (Å²) in [5.74, 6) is -1.55. The van der Waals surface area contributed by atoms with Gasteiger partial charge in [0.1, 0.15) is 0 Å². The van der Waals surface area contributed by atoms with Gasteiger partial charge < -0.3 is 10.4 Å². The maximum atomic E-state index is 12.1. The SMILES string of the molecule is O=C(O)c1cc(Cl)c(NC(=O)c2cccc(Br)c2)c(Cl)c1. The van der Waals surface area contributed by atoms with E-state index < -0.39 is 11.9 Å². The number of amides is 1. The number of hydrogen-bond donors (Lipinski definition) is 2. The van der Waals surface area contributed by atoms with Gasteiger partial charge in [-0.15, -0.1) is 0 Å². The number of aromatic carboxylic acids is 1. The molecule has 0 aromatic heterocycles. The average Bonchev–Trinajstić information content (AvgIpc) is 2.42. The molecule has 2 aromatic rings. The molecular weight excluding hydrogens is 381 g/mol. The third-order valence-electron chi connectivity index (χ3n) is 2.61. The van der Waals surface area contributed by atoms with Crippen LogP contribution >= 0.6 is 39.1 Å². The zero-order chi connectivity index (χ0) is 15.6. The second-order valence-corrected chi connectivity index (χ2v) is 5.81. The van der Waals surface area contributed by atoms with E-state index in [9.17, 15) is 9.59 Å². The highest BCUT2D eigenvalue weighted by Crippen LogP contribution is 2.32. The van der Waals surface area contributed by atoms with Crippen molar-refractivity contribution in [3.63, 3.8) is 0 Å². The number of nitrogens with one attached hydrogen (secondary N) is 1. The third-order valence-corrected chi connectivity index (χ3v) is 3.70. The smallest absolute Gasteiger partial charge is 0.335 e. The summed E-state index contributed by atoms with van der Waals surface area (Å²) >= 11 is 15.2. The van der Waals surface area contributed by atoms with E-state index >= 15 is 0 Å². The minimum atomic E-state index is -1.15. The molecule has 0 unspecified atom stereocenters. The number of benzene rings is 2. The lowest BCUT2D eigenvalue weighted by atomic mass is 10.2. The zero-order valence-electron chi connectivity index (χ0n) is 10.4. The molecule has 0 saturated heterocycles. The lowest BCUT2D eigenvalue weighted by molar-refractivity contribution is 0.0696. The van der Waals surface area contributed by atoms with Crippen molar-refractivity contribution in [2.75, 3.05) is 5.32 Å². The van der Waals surface area contributed by atoms with Gasteiger partial charge in [-0.25, -0.2) is 4.79 Å². The second kappa shape index (κ2) is 6.47. The Kier molecular flexibility index (Phi) is 4.88. The fourth-order valence-electron chi connectivity index (χ4n) is 1.63. The minimum Gasteiger partial charge on any atom is -0.478 e. The van der Waals surface area contributed by atoms with Crippen LogP contribution < -0.4 is 5.32 Å². The maximum Gasteiger partial charge on any atom is 0.335 e. The van der Waals surface area contributed by atoms with Gasteiger partial charge in [0.15, 0.2) is 0 Å². The van der Waals surface area contributed by atoms with Gasteiger partial charge in [0.25, 0.3) is 5.91 Å². The lowest BCUT2D eigenvalue weighted by Crippen LogP contribution is -2.13. The first-order valence-electron chi connectivity index (χ1n) is 5.67. The zero-order valence-corrected chi connectivity index (χ0v) is 13.5. The molecule has 108 valence electrons. The molecule has 7 heteroatoms. The van der Waals surface area contributed by atoms with Crippen LogP contribution in [0.15, 0.2) is 40.9 Å². The quantitative estimate of drug-likeness (QED) is 0.800. The molecule has 0 heterocycles. The van der Waals surface area contributed by atoms with E-state index in [-0.39, 0.29) is 21.3 Å². The molecule has 21 heavy (non-hydrogen) atoms. The fourth-order valence-corrected chi connectivity index (χ4v) is 2.61. The summed E-state index contributed by atoms with van der Waals surface area (Å²) in [6, 6.07) is 9.24. The number of carbonyl (C=O) groups excluding carboxylic acids is 1. The molecule has 0 atom stereocenters. The van der Waals surface area contributed by atoms with Crippen molar-refractivity contribution in [3.8, 4) is 0 Å². The molecule has 0 bridgehead atoms. The minimum absolute atomic E-state index is 0.0505. The summed E-state index contributed by atoms with van der Waals surface area (Å²) < 4.78 is 0.758. The highest BCUT2D eigenvalue weighted by Gasteiger charge is 2.15. The van der Waals surface area contributed by atoms with Gasteiger partial charge in [-0.3, -0.25) is 4.79 Å². The summed E-state index contributed by atoms with van der Waals surface area (Å²) in [6.07, 6.45) is 0. The highest BCUT2D eigenvalue weighted by molar-refractivity contribution is 9.10. The number of rotatable bonds is 3. The molecule has 1 amide bonds. The second-order valence-electron chi connectivity index (χ2n) is 4.08. The van der Waals surface area contributed by atoms with E-state index in [4.69, 9.17) is 28.3 Å². The molecule has 2 rings (SSSR count). The number of carboxylic acid groups (broad SMARTS) is 1. The number of hydrogen-bond acceptors (Lipinski definition) is 2. The van der Waals surface area contributed by atoms with E-state index in [0.717, 1.165) is 4.47 Å². The van der Waals surface area contributed by atoms with Crippen LogP contribution in [0, 0.1) is 0 Å². The summed E-state index contributed by atoms with van der Waals surface area (Å²) in [5.41, 5.74) is 0.539. The molecule has 4 nitrogen and oxygen atoms in total. The number of halogens is 3. The predicted molar refractivity (Wildman–Crippen MR) is 85.5 cm³/mol. The summed E-state index contributed by atoms with van der Waals surface area (Å²) in [6.45, 7) is 0. The lowest BCUT2D eigenvalue weighted by Gasteiger charge is -2.10. The van der Waals surface area contributed by atoms with Crippen LogP contribution in [-0.2, 0) is 0 Å². The Morgan fingerprint density at radius 2 is 1.67 bits per heavy atom. The summed E-state index contributed by atoms with van der Waals surface area (Å²) in [7, 11) is 0. The van der Waals surface area contributed by atoms with E-state index in [1.807, 2.05) is 0 Å². The standard InChI is InChI=1S/C14H8BrCl2NO3/c15-9-3-1-2-7(4-9)13(19)18-12-10(16)5-8(14(20)21)6-11(12)17/h1-6H,(H,18,19)(H,20,21). The van der Waals surface area contributed by atoms with E-state index in [1.54, 1.807) is 24.3 Å². The Labute approximate surface area is 138 Å². The Hall–Kier alpha value is -1.56. The van der Waals surface area contributed by atoms with Crippen molar-refractivity contribution in [2.45, 2.75) is 0 Å². The highest BCUT2D eigenvalue weighted by atomic mass is 79.9. The van der Waals surface area contributed by atoms with Crippen LogP contribution in [0.1, 0.15) is 20.7 Å². The van der Waals surface area contributed by atoms with Crippen LogP contribution in [0.25, 0.3) is 0 Å². The molecule has 0 fully saturated rings. The van der Waals surface area contributed by atoms with Gasteiger partial charge in [0.05, 0.1) is 21.3 Å². The molecule has 0 aliphatic carbocycles. The number of carboxylic acids is 1. The Bertz CT molecular complexity index is 711. The van der Waals surface area contributed by atoms with Crippen LogP contribution in [0.4, 0.5) is 5.69 Å². The van der Waals surface area contributed by atoms with E-state index in [0.29, 0.717) is 5.56 Å². The topological polar surface area (TPSA) is 66.4 Å². The first kappa shape index (κ1) is 15.8. The van der Waals surface area contributed by atoms with Crippen molar-refractivity contribution in [3.05, 3.63) is 62.0 Å². The molecule has 0 aliphatic rings. The molecule has 0 saturated carbocycles.